The number of hydrogen-bond acceptors (Lipinski definition) is 4. The van der Waals surface area contributed by atoms with Crippen molar-refractivity contribution in [1.29, 1.82) is 0 Å². The van der Waals surface area contributed by atoms with E-state index < -0.39 is 32.4 Å². The molecule has 0 saturated heterocycles. The van der Waals surface area contributed by atoms with Crippen LogP contribution in [0, 0.1) is 5.82 Å². The van der Waals surface area contributed by atoms with Gasteiger partial charge in [0.1, 0.15) is 5.82 Å². The minimum absolute atomic E-state index is 0.0163. The minimum Gasteiger partial charge on any atom is -0.329 e. The molecule has 0 spiro atoms. The summed E-state index contributed by atoms with van der Waals surface area (Å²) in [4.78, 5) is 0. The molecule has 4 N–H and O–H groups in total. The summed E-state index contributed by atoms with van der Waals surface area (Å²) in [5, 5.41) is -0.707. The average Bonchev–Trinajstić information content (AvgIpc) is 2.98. The molecule has 2 rings (SSSR count). The first kappa shape index (κ1) is 13.5. The average molecular weight is 272 g/mol. The molecule has 0 bridgehead atoms. The predicted octanol–water partition coefficient (Wildman–Crippen LogP) is 0.382. The summed E-state index contributed by atoms with van der Waals surface area (Å²) in [6, 6.07) is 5.88. The summed E-state index contributed by atoms with van der Waals surface area (Å²) < 4.78 is 37.1. The van der Waals surface area contributed by atoms with Crippen LogP contribution in [-0.4, -0.2) is 31.5 Å². The van der Waals surface area contributed by atoms with Gasteiger partial charge in [-0.2, -0.15) is 0 Å². The number of sulfone groups is 1. The van der Waals surface area contributed by atoms with Gasteiger partial charge in [0.05, 0.1) is 10.8 Å². The zero-order valence-corrected chi connectivity index (χ0v) is 11.0. The van der Waals surface area contributed by atoms with Crippen LogP contribution in [0.3, 0.4) is 0 Å². The van der Waals surface area contributed by atoms with Gasteiger partial charge in [0.15, 0.2) is 9.84 Å². The van der Waals surface area contributed by atoms with Crippen molar-refractivity contribution in [3.63, 3.8) is 0 Å². The van der Waals surface area contributed by atoms with Crippen molar-refractivity contribution in [2.75, 3.05) is 12.3 Å². The molecule has 18 heavy (non-hydrogen) atoms. The first-order valence-electron chi connectivity index (χ1n) is 5.83. The Labute approximate surface area is 106 Å². The van der Waals surface area contributed by atoms with E-state index in [0.717, 1.165) is 0 Å². The SMILES string of the molecule is CCS(=O)(=O)[C@H]1[C@@H](c2cccc(F)c2)[C@@]1(N)CN. The van der Waals surface area contributed by atoms with E-state index in [1.54, 1.807) is 19.1 Å². The molecule has 100 valence electrons. The lowest BCUT2D eigenvalue weighted by atomic mass is 10.1. The van der Waals surface area contributed by atoms with Crippen molar-refractivity contribution in [2.24, 2.45) is 11.5 Å². The molecule has 0 aromatic heterocycles. The fourth-order valence-electron chi connectivity index (χ4n) is 2.57. The highest BCUT2D eigenvalue weighted by Gasteiger charge is 2.67. The number of hydrogen-bond donors (Lipinski definition) is 2. The number of rotatable bonds is 4. The summed E-state index contributed by atoms with van der Waals surface area (Å²) in [7, 11) is -3.28. The molecule has 1 saturated carbocycles. The second kappa shape index (κ2) is 4.29. The van der Waals surface area contributed by atoms with Crippen LogP contribution in [0.2, 0.25) is 0 Å². The zero-order valence-electron chi connectivity index (χ0n) is 10.1. The number of halogens is 1. The smallest absolute Gasteiger partial charge is 0.155 e. The van der Waals surface area contributed by atoms with Gasteiger partial charge in [0.25, 0.3) is 0 Å². The monoisotopic (exact) mass is 272 g/mol. The van der Waals surface area contributed by atoms with Gasteiger partial charge in [-0.15, -0.1) is 0 Å². The van der Waals surface area contributed by atoms with E-state index in [9.17, 15) is 12.8 Å². The molecule has 6 heteroatoms. The normalized spacial score (nSPS) is 31.3. The summed E-state index contributed by atoms with van der Waals surface area (Å²) in [6.45, 7) is 1.64. The maximum absolute atomic E-state index is 13.2. The van der Waals surface area contributed by atoms with Gasteiger partial charge < -0.3 is 11.5 Å². The lowest BCUT2D eigenvalue weighted by Gasteiger charge is -2.07. The summed E-state index contributed by atoms with van der Waals surface area (Å²) >= 11 is 0. The van der Waals surface area contributed by atoms with Crippen LogP contribution in [0.25, 0.3) is 0 Å². The van der Waals surface area contributed by atoms with Crippen LogP contribution >= 0.6 is 0 Å². The Morgan fingerprint density at radius 3 is 2.61 bits per heavy atom. The predicted molar refractivity (Wildman–Crippen MR) is 68.4 cm³/mol. The second-order valence-corrected chi connectivity index (χ2v) is 7.13. The number of benzene rings is 1. The molecule has 0 radical (unpaired) electrons. The van der Waals surface area contributed by atoms with E-state index in [4.69, 9.17) is 11.5 Å². The van der Waals surface area contributed by atoms with Crippen LogP contribution in [0.4, 0.5) is 4.39 Å². The van der Waals surface area contributed by atoms with Gasteiger partial charge in [-0.1, -0.05) is 19.1 Å². The third-order valence-electron chi connectivity index (χ3n) is 3.65. The van der Waals surface area contributed by atoms with Crippen molar-refractivity contribution >= 4 is 9.84 Å². The topological polar surface area (TPSA) is 86.2 Å². The molecule has 1 fully saturated rings. The first-order chi connectivity index (χ1) is 8.36. The van der Waals surface area contributed by atoms with Gasteiger partial charge >= 0.3 is 0 Å². The maximum Gasteiger partial charge on any atom is 0.155 e. The molecule has 1 aromatic carbocycles. The molecular formula is C12H17FN2O2S. The highest BCUT2D eigenvalue weighted by atomic mass is 32.2. The highest BCUT2D eigenvalue weighted by Crippen LogP contribution is 2.53. The Kier molecular flexibility index (Phi) is 3.21. The van der Waals surface area contributed by atoms with Gasteiger partial charge in [-0.25, -0.2) is 12.8 Å². The standard InChI is InChI=1S/C12H17FN2O2S/c1-2-18(16,17)11-10(12(11,15)7-14)8-4-3-5-9(13)6-8/h3-6,10-11H,2,7,14-15H2,1H3/t10-,11+,12+/m1/s1. The quantitative estimate of drug-likeness (QED) is 0.830. The van der Waals surface area contributed by atoms with Crippen molar-refractivity contribution < 1.29 is 12.8 Å². The van der Waals surface area contributed by atoms with E-state index in [2.05, 4.69) is 0 Å². The van der Waals surface area contributed by atoms with Gasteiger partial charge in [-0.3, -0.25) is 0 Å². The van der Waals surface area contributed by atoms with Crippen LogP contribution in [0.1, 0.15) is 18.4 Å². The Balaban J connectivity index is 2.40. The summed E-state index contributed by atoms with van der Waals surface area (Å²) in [6.07, 6.45) is 0. The van der Waals surface area contributed by atoms with E-state index in [-0.39, 0.29) is 12.3 Å². The lowest BCUT2D eigenvalue weighted by molar-refractivity contribution is 0.587. The van der Waals surface area contributed by atoms with Crippen molar-refractivity contribution in [3.05, 3.63) is 35.6 Å². The van der Waals surface area contributed by atoms with E-state index in [0.29, 0.717) is 5.56 Å². The number of nitrogens with two attached hydrogens (primary N) is 2. The second-order valence-electron chi connectivity index (χ2n) is 4.72. The summed E-state index contributed by atoms with van der Waals surface area (Å²) in [5.41, 5.74) is 11.3. The summed E-state index contributed by atoms with van der Waals surface area (Å²) in [5.74, 6) is -0.794. The first-order valence-corrected chi connectivity index (χ1v) is 7.54. The minimum atomic E-state index is -3.28. The molecule has 1 aliphatic rings. The Morgan fingerprint density at radius 2 is 2.11 bits per heavy atom. The molecule has 0 amide bonds. The fourth-order valence-corrected chi connectivity index (χ4v) is 4.59. The van der Waals surface area contributed by atoms with Crippen LogP contribution < -0.4 is 11.5 Å². The molecule has 0 unspecified atom stereocenters. The molecular weight excluding hydrogens is 255 g/mol. The van der Waals surface area contributed by atoms with Gasteiger partial charge in [-0.05, 0) is 17.7 Å². The van der Waals surface area contributed by atoms with Gasteiger partial charge in [0.2, 0.25) is 0 Å². The van der Waals surface area contributed by atoms with Crippen LogP contribution in [0.15, 0.2) is 24.3 Å². The van der Waals surface area contributed by atoms with Crippen LogP contribution in [0.5, 0.6) is 0 Å². The Bertz CT molecular complexity index is 561. The third kappa shape index (κ3) is 1.94. The highest BCUT2D eigenvalue weighted by molar-refractivity contribution is 7.92. The van der Waals surface area contributed by atoms with E-state index in [1.165, 1.54) is 12.1 Å². The largest absolute Gasteiger partial charge is 0.329 e. The van der Waals surface area contributed by atoms with Crippen molar-refractivity contribution in [1.82, 2.24) is 0 Å². The third-order valence-corrected chi connectivity index (χ3v) is 5.94. The van der Waals surface area contributed by atoms with Gasteiger partial charge in [0, 0.05) is 18.2 Å². The molecule has 3 atom stereocenters. The molecule has 0 aliphatic heterocycles. The lowest BCUT2D eigenvalue weighted by Crippen LogP contribution is -2.39. The van der Waals surface area contributed by atoms with Crippen LogP contribution in [-0.2, 0) is 9.84 Å². The maximum atomic E-state index is 13.2. The molecule has 4 nitrogen and oxygen atoms in total. The Hall–Kier alpha value is -0.980. The van der Waals surface area contributed by atoms with E-state index in [1.807, 2.05) is 0 Å². The zero-order chi connectivity index (χ0) is 13.6. The van der Waals surface area contributed by atoms with Crippen molar-refractivity contribution in [2.45, 2.75) is 23.6 Å². The fraction of sp³-hybridized carbons (Fsp3) is 0.500. The molecule has 0 heterocycles. The molecule has 1 aromatic rings. The van der Waals surface area contributed by atoms with E-state index >= 15 is 0 Å². The van der Waals surface area contributed by atoms with Crippen molar-refractivity contribution in [3.8, 4) is 0 Å². The molecule has 1 aliphatic carbocycles. The Morgan fingerprint density at radius 1 is 1.44 bits per heavy atom.